The van der Waals surface area contributed by atoms with E-state index in [0.717, 1.165) is 25.7 Å². The fourth-order valence-electron chi connectivity index (χ4n) is 3.84. The van der Waals surface area contributed by atoms with Gasteiger partial charge in [-0.1, -0.05) is 25.0 Å². The largest absolute Gasteiger partial charge is 0.350 e. The third kappa shape index (κ3) is 4.06. The number of para-hydroxylation sites is 1. The van der Waals surface area contributed by atoms with Crippen molar-refractivity contribution >= 4 is 23.4 Å². The van der Waals surface area contributed by atoms with Crippen LogP contribution >= 0.6 is 0 Å². The molecule has 1 heterocycles. The van der Waals surface area contributed by atoms with Gasteiger partial charge in [-0.05, 0) is 38.8 Å². The Balaban J connectivity index is 1.67. The highest BCUT2D eigenvalue weighted by Crippen LogP contribution is 2.30. The van der Waals surface area contributed by atoms with Gasteiger partial charge < -0.3 is 15.5 Å². The number of carbonyl (C=O) groups excluding carboxylic acids is 3. The van der Waals surface area contributed by atoms with E-state index in [2.05, 4.69) is 10.6 Å². The molecule has 1 aromatic rings. The van der Waals surface area contributed by atoms with E-state index in [-0.39, 0.29) is 36.1 Å². The van der Waals surface area contributed by atoms with Crippen LogP contribution in [-0.2, 0) is 9.59 Å². The number of hydrogen-bond acceptors (Lipinski definition) is 3. The summed E-state index contributed by atoms with van der Waals surface area (Å²) in [5, 5.41) is 5.70. The molecule has 1 saturated heterocycles. The van der Waals surface area contributed by atoms with E-state index in [1.807, 2.05) is 18.7 Å². The van der Waals surface area contributed by atoms with Crippen LogP contribution in [0.4, 0.5) is 5.69 Å². The molecular formula is C20H27N3O3. The maximum Gasteiger partial charge on any atom is 0.253 e. The molecule has 1 aliphatic carbocycles. The van der Waals surface area contributed by atoms with Crippen LogP contribution in [0, 0.1) is 5.92 Å². The molecule has 2 aliphatic rings. The van der Waals surface area contributed by atoms with Crippen LogP contribution in [0.25, 0.3) is 0 Å². The van der Waals surface area contributed by atoms with Crippen LogP contribution in [-0.4, -0.2) is 41.2 Å². The molecule has 2 N–H and O–H groups in total. The summed E-state index contributed by atoms with van der Waals surface area (Å²) in [5.74, 6) is -0.693. The molecule has 1 saturated carbocycles. The molecule has 0 radical (unpaired) electrons. The first-order valence-electron chi connectivity index (χ1n) is 9.46. The van der Waals surface area contributed by atoms with E-state index in [9.17, 15) is 14.4 Å². The summed E-state index contributed by atoms with van der Waals surface area (Å²) in [6.07, 6.45) is 4.65. The smallest absolute Gasteiger partial charge is 0.253 e. The summed E-state index contributed by atoms with van der Waals surface area (Å²) in [6.45, 7) is 4.26. The van der Waals surface area contributed by atoms with Crippen molar-refractivity contribution in [3.63, 3.8) is 0 Å². The van der Waals surface area contributed by atoms with Crippen LogP contribution in [0.15, 0.2) is 24.3 Å². The molecule has 3 rings (SSSR count). The van der Waals surface area contributed by atoms with Gasteiger partial charge in [-0.15, -0.1) is 0 Å². The van der Waals surface area contributed by atoms with Gasteiger partial charge in [0.1, 0.15) is 0 Å². The van der Waals surface area contributed by atoms with E-state index >= 15 is 0 Å². The van der Waals surface area contributed by atoms with Gasteiger partial charge in [0.05, 0.1) is 17.2 Å². The van der Waals surface area contributed by atoms with E-state index in [1.54, 1.807) is 24.3 Å². The molecule has 1 atom stereocenters. The van der Waals surface area contributed by atoms with E-state index in [1.165, 1.54) is 0 Å². The van der Waals surface area contributed by atoms with Gasteiger partial charge in [0.2, 0.25) is 11.8 Å². The molecular weight excluding hydrogens is 330 g/mol. The third-order valence-electron chi connectivity index (χ3n) is 5.14. The molecule has 2 fully saturated rings. The molecule has 3 amide bonds. The summed E-state index contributed by atoms with van der Waals surface area (Å²) in [7, 11) is 0. The Morgan fingerprint density at radius 1 is 1.15 bits per heavy atom. The Hall–Kier alpha value is -2.37. The van der Waals surface area contributed by atoms with Crippen molar-refractivity contribution in [1.29, 1.82) is 0 Å². The van der Waals surface area contributed by atoms with Crippen molar-refractivity contribution in [3.8, 4) is 0 Å². The van der Waals surface area contributed by atoms with Crippen molar-refractivity contribution in [2.45, 2.75) is 58.0 Å². The van der Waals surface area contributed by atoms with Gasteiger partial charge in [0.25, 0.3) is 5.91 Å². The van der Waals surface area contributed by atoms with Crippen molar-refractivity contribution in [2.24, 2.45) is 5.92 Å². The van der Waals surface area contributed by atoms with Crippen LogP contribution in [0.3, 0.4) is 0 Å². The predicted molar refractivity (Wildman–Crippen MR) is 99.7 cm³/mol. The second-order valence-corrected chi connectivity index (χ2v) is 7.55. The number of rotatable bonds is 5. The quantitative estimate of drug-likeness (QED) is 0.850. The Kier molecular flexibility index (Phi) is 5.59. The number of hydrogen-bond donors (Lipinski definition) is 2. The fourth-order valence-corrected chi connectivity index (χ4v) is 3.84. The maximum absolute atomic E-state index is 12.7. The summed E-state index contributed by atoms with van der Waals surface area (Å²) in [5.41, 5.74) is 0.925. The van der Waals surface area contributed by atoms with E-state index in [0.29, 0.717) is 23.8 Å². The van der Waals surface area contributed by atoms with E-state index in [4.69, 9.17) is 0 Å². The lowest BCUT2D eigenvalue weighted by Gasteiger charge is -2.24. The highest BCUT2D eigenvalue weighted by atomic mass is 16.2. The first-order chi connectivity index (χ1) is 12.5. The lowest BCUT2D eigenvalue weighted by molar-refractivity contribution is -0.129. The highest BCUT2D eigenvalue weighted by Gasteiger charge is 2.38. The van der Waals surface area contributed by atoms with Crippen molar-refractivity contribution in [1.82, 2.24) is 10.2 Å². The zero-order valence-corrected chi connectivity index (χ0v) is 15.5. The first-order valence-corrected chi connectivity index (χ1v) is 9.46. The zero-order chi connectivity index (χ0) is 18.7. The molecule has 6 nitrogen and oxygen atoms in total. The number of nitrogens with zero attached hydrogens (tertiary/aromatic N) is 1. The molecule has 1 aliphatic heterocycles. The molecule has 26 heavy (non-hydrogen) atoms. The number of benzene rings is 1. The Morgan fingerprint density at radius 2 is 1.85 bits per heavy atom. The lowest BCUT2D eigenvalue weighted by Crippen LogP contribution is -2.35. The minimum absolute atomic E-state index is 0.0127. The van der Waals surface area contributed by atoms with Crippen molar-refractivity contribution in [3.05, 3.63) is 29.8 Å². The normalized spacial score (nSPS) is 20.7. The number of nitrogens with one attached hydrogen (secondary N) is 2. The van der Waals surface area contributed by atoms with Gasteiger partial charge in [0, 0.05) is 25.0 Å². The molecule has 1 aromatic carbocycles. The fraction of sp³-hybridized carbons (Fsp3) is 0.550. The number of likely N-dealkylation sites (tertiary alicyclic amines) is 1. The average Bonchev–Trinajstić information content (AvgIpc) is 3.23. The number of carbonyl (C=O) groups is 3. The van der Waals surface area contributed by atoms with Crippen molar-refractivity contribution < 1.29 is 14.4 Å². The molecule has 140 valence electrons. The monoisotopic (exact) mass is 357 g/mol. The van der Waals surface area contributed by atoms with Gasteiger partial charge in [0.15, 0.2) is 0 Å². The summed E-state index contributed by atoms with van der Waals surface area (Å²) < 4.78 is 0. The third-order valence-corrected chi connectivity index (χ3v) is 5.14. The van der Waals surface area contributed by atoms with Gasteiger partial charge in [-0.25, -0.2) is 0 Å². The molecule has 0 unspecified atom stereocenters. The Bertz CT molecular complexity index is 695. The van der Waals surface area contributed by atoms with Gasteiger partial charge >= 0.3 is 0 Å². The Labute approximate surface area is 154 Å². The van der Waals surface area contributed by atoms with Crippen LogP contribution < -0.4 is 10.6 Å². The minimum Gasteiger partial charge on any atom is -0.350 e. The molecule has 0 aromatic heterocycles. The Morgan fingerprint density at radius 3 is 2.54 bits per heavy atom. The lowest BCUT2D eigenvalue weighted by atomic mass is 10.1. The SMILES string of the molecule is CC(C)NC(=O)c1ccccc1NC(=O)[C@@H]1CC(=O)N(C2CCCC2)C1. The van der Waals surface area contributed by atoms with Crippen LogP contribution in [0.2, 0.25) is 0 Å². The van der Waals surface area contributed by atoms with Gasteiger partial charge in [-0.2, -0.15) is 0 Å². The first kappa shape index (κ1) is 18.4. The number of anilines is 1. The van der Waals surface area contributed by atoms with Crippen LogP contribution in [0.1, 0.15) is 56.3 Å². The predicted octanol–water partition coefficient (Wildman–Crippen LogP) is 2.55. The minimum atomic E-state index is -0.357. The second-order valence-electron chi connectivity index (χ2n) is 7.55. The molecule has 0 bridgehead atoms. The van der Waals surface area contributed by atoms with Gasteiger partial charge in [-0.3, -0.25) is 14.4 Å². The van der Waals surface area contributed by atoms with Crippen molar-refractivity contribution in [2.75, 3.05) is 11.9 Å². The van der Waals surface area contributed by atoms with E-state index < -0.39 is 0 Å². The molecule has 6 heteroatoms. The maximum atomic E-state index is 12.7. The zero-order valence-electron chi connectivity index (χ0n) is 15.5. The molecule has 0 spiro atoms. The average molecular weight is 357 g/mol. The highest BCUT2D eigenvalue weighted by molar-refractivity contribution is 6.05. The summed E-state index contributed by atoms with van der Waals surface area (Å²) in [6, 6.07) is 7.28. The summed E-state index contributed by atoms with van der Waals surface area (Å²) in [4.78, 5) is 39.2. The summed E-state index contributed by atoms with van der Waals surface area (Å²) >= 11 is 0. The second kappa shape index (κ2) is 7.89. The standard InChI is InChI=1S/C20H27N3O3/c1-13(2)21-20(26)16-9-5-6-10-17(16)22-19(25)14-11-18(24)23(12-14)15-7-3-4-8-15/h5-6,9-10,13-15H,3-4,7-8,11-12H2,1-2H3,(H,21,26)(H,22,25)/t14-/m1/s1. The topological polar surface area (TPSA) is 78.5 Å². The number of amides is 3. The van der Waals surface area contributed by atoms with Crippen LogP contribution in [0.5, 0.6) is 0 Å².